The Balaban J connectivity index is 3.97. The van der Waals surface area contributed by atoms with Crippen molar-refractivity contribution in [2.24, 2.45) is 0 Å². The molecule has 3 amide bonds. The number of urea groups is 1. The molecule has 6 heteroatoms. The smallest absolute Gasteiger partial charge is 0.321 e. The second kappa shape index (κ2) is 8.95. The van der Waals surface area contributed by atoms with E-state index < -0.39 is 6.03 Å². The second-order valence-corrected chi connectivity index (χ2v) is 3.85. The summed E-state index contributed by atoms with van der Waals surface area (Å²) in [4.78, 5) is 24.7. The van der Waals surface area contributed by atoms with Crippen molar-refractivity contribution in [2.45, 2.75) is 26.3 Å². The van der Waals surface area contributed by atoms with Gasteiger partial charge in [-0.3, -0.25) is 15.0 Å². The molecular formula is C11H23N3O3. The molecular weight excluding hydrogens is 222 g/mol. The van der Waals surface area contributed by atoms with Crippen molar-refractivity contribution < 1.29 is 14.3 Å². The SMILES string of the molecule is CCNC(=O)NC(=O)C(C)N(C)CCCOC. The van der Waals surface area contributed by atoms with E-state index in [-0.39, 0.29) is 11.9 Å². The molecule has 0 aromatic rings. The summed E-state index contributed by atoms with van der Waals surface area (Å²) in [5.41, 5.74) is 0. The van der Waals surface area contributed by atoms with Crippen LogP contribution in [0.15, 0.2) is 0 Å². The lowest BCUT2D eigenvalue weighted by Gasteiger charge is -2.23. The highest BCUT2D eigenvalue weighted by Gasteiger charge is 2.19. The fraction of sp³-hybridized carbons (Fsp3) is 0.818. The second-order valence-electron chi connectivity index (χ2n) is 3.85. The monoisotopic (exact) mass is 245 g/mol. The number of hydrogen-bond acceptors (Lipinski definition) is 4. The Morgan fingerprint density at radius 1 is 1.41 bits per heavy atom. The minimum Gasteiger partial charge on any atom is -0.385 e. The maximum Gasteiger partial charge on any atom is 0.321 e. The highest BCUT2D eigenvalue weighted by molar-refractivity contribution is 5.96. The first kappa shape index (κ1) is 15.9. The highest BCUT2D eigenvalue weighted by atomic mass is 16.5. The van der Waals surface area contributed by atoms with E-state index in [9.17, 15) is 9.59 Å². The molecule has 0 saturated heterocycles. The van der Waals surface area contributed by atoms with Crippen LogP contribution in [-0.2, 0) is 9.53 Å². The number of rotatable bonds is 7. The number of ether oxygens (including phenoxy) is 1. The number of nitrogens with zero attached hydrogens (tertiary/aromatic N) is 1. The molecule has 17 heavy (non-hydrogen) atoms. The van der Waals surface area contributed by atoms with Crippen molar-refractivity contribution in [1.82, 2.24) is 15.5 Å². The zero-order valence-electron chi connectivity index (χ0n) is 11.1. The third-order valence-corrected chi connectivity index (χ3v) is 2.47. The van der Waals surface area contributed by atoms with E-state index in [1.54, 1.807) is 21.0 Å². The number of likely N-dealkylation sites (N-methyl/N-ethyl adjacent to an activating group) is 1. The van der Waals surface area contributed by atoms with Crippen LogP contribution in [0.5, 0.6) is 0 Å². The number of imide groups is 1. The molecule has 0 aliphatic heterocycles. The lowest BCUT2D eigenvalue weighted by atomic mass is 10.2. The van der Waals surface area contributed by atoms with Crippen LogP contribution in [-0.4, -0.2) is 56.7 Å². The maximum atomic E-state index is 11.7. The fourth-order valence-corrected chi connectivity index (χ4v) is 1.27. The number of hydrogen-bond donors (Lipinski definition) is 2. The summed E-state index contributed by atoms with van der Waals surface area (Å²) in [5, 5.41) is 4.80. The van der Waals surface area contributed by atoms with Gasteiger partial charge in [0.05, 0.1) is 6.04 Å². The summed E-state index contributed by atoms with van der Waals surface area (Å²) in [6.45, 7) is 5.47. The van der Waals surface area contributed by atoms with Gasteiger partial charge >= 0.3 is 6.03 Å². The molecule has 6 nitrogen and oxygen atoms in total. The van der Waals surface area contributed by atoms with Crippen molar-refractivity contribution in [1.29, 1.82) is 0 Å². The first-order chi connectivity index (χ1) is 8.02. The minimum absolute atomic E-state index is 0.295. The molecule has 0 bridgehead atoms. The molecule has 1 atom stereocenters. The number of methoxy groups -OCH3 is 1. The largest absolute Gasteiger partial charge is 0.385 e. The number of amides is 3. The van der Waals surface area contributed by atoms with E-state index in [1.807, 2.05) is 11.9 Å². The molecule has 0 spiro atoms. The predicted octanol–water partition coefficient (Wildman–Crippen LogP) is 0.189. The summed E-state index contributed by atoms with van der Waals surface area (Å²) < 4.78 is 4.94. The van der Waals surface area contributed by atoms with Gasteiger partial charge in [0.1, 0.15) is 0 Å². The van der Waals surface area contributed by atoms with Crippen LogP contribution < -0.4 is 10.6 Å². The fourth-order valence-electron chi connectivity index (χ4n) is 1.27. The minimum atomic E-state index is -0.449. The Labute approximate surface area is 103 Å². The van der Waals surface area contributed by atoms with Crippen molar-refractivity contribution in [3.63, 3.8) is 0 Å². The van der Waals surface area contributed by atoms with Gasteiger partial charge in [0.2, 0.25) is 5.91 Å². The number of nitrogens with one attached hydrogen (secondary N) is 2. The van der Waals surface area contributed by atoms with E-state index in [1.165, 1.54) is 0 Å². The first-order valence-electron chi connectivity index (χ1n) is 5.80. The summed E-state index contributed by atoms with van der Waals surface area (Å²) in [5.74, 6) is -0.295. The third-order valence-electron chi connectivity index (χ3n) is 2.47. The number of carbonyl (C=O) groups excluding carboxylic acids is 2. The van der Waals surface area contributed by atoms with Crippen LogP contribution in [0.3, 0.4) is 0 Å². The van der Waals surface area contributed by atoms with Crippen molar-refractivity contribution in [3.05, 3.63) is 0 Å². The molecule has 0 rings (SSSR count). The zero-order valence-corrected chi connectivity index (χ0v) is 11.1. The molecule has 100 valence electrons. The van der Waals surface area contributed by atoms with Gasteiger partial charge in [-0.25, -0.2) is 4.79 Å². The third kappa shape index (κ3) is 6.91. The predicted molar refractivity (Wildman–Crippen MR) is 65.8 cm³/mol. The number of carbonyl (C=O) groups is 2. The van der Waals surface area contributed by atoms with Gasteiger partial charge < -0.3 is 10.1 Å². The van der Waals surface area contributed by atoms with E-state index in [4.69, 9.17) is 4.74 Å². The van der Waals surface area contributed by atoms with Crippen molar-refractivity contribution in [2.75, 3.05) is 33.9 Å². The van der Waals surface area contributed by atoms with Gasteiger partial charge in [-0.15, -0.1) is 0 Å². The van der Waals surface area contributed by atoms with Gasteiger partial charge in [-0.2, -0.15) is 0 Å². The van der Waals surface area contributed by atoms with Gasteiger partial charge in [0.15, 0.2) is 0 Å². The molecule has 1 unspecified atom stereocenters. The van der Waals surface area contributed by atoms with Crippen LogP contribution in [0.4, 0.5) is 4.79 Å². The van der Waals surface area contributed by atoms with Crippen LogP contribution in [0.25, 0.3) is 0 Å². The summed E-state index contributed by atoms with van der Waals surface area (Å²) in [6, 6.07) is -0.788. The molecule has 0 aromatic heterocycles. The summed E-state index contributed by atoms with van der Waals surface area (Å²) in [7, 11) is 3.49. The van der Waals surface area contributed by atoms with Crippen molar-refractivity contribution in [3.8, 4) is 0 Å². The summed E-state index contributed by atoms with van der Waals surface area (Å²) >= 11 is 0. The molecule has 0 radical (unpaired) electrons. The molecule has 0 heterocycles. The maximum absolute atomic E-state index is 11.7. The Bertz CT molecular complexity index is 246. The van der Waals surface area contributed by atoms with Crippen molar-refractivity contribution >= 4 is 11.9 Å². The van der Waals surface area contributed by atoms with E-state index in [2.05, 4.69) is 10.6 Å². The standard InChI is InChI=1S/C11H23N3O3/c1-5-12-11(16)13-10(15)9(2)14(3)7-6-8-17-4/h9H,5-8H2,1-4H3,(H2,12,13,15,16). The molecule has 0 aromatic carbocycles. The quantitative estimate of drug-likeness (QED) is 0.628. The summed E-state index contributed by atoms with van der Waals surface area (Å²) in [6.07, 6.45) is 0.853. The van der Waals surface area contributed by atoms with E-state index in [0.717, 1.165) is 13.0 Å². The first-order valence-corrected chi connectivity index (χ1v) is 5.80. The van der Waals surface area contributed by atoms with Gasteiger partial charge in [-0.1, -0.05) is 0 Å². The Morgan fingerprint density at radius 3 is 2.59 bits per heavy atom. The molecule has 0 fully saturated rings. The Morgan fingerprint density at radius 2 is 2.06 bits per heavy atom. The van der Waals surface area contributed by atoms with Gasteiger partial charge in [0, 0.05) is 26.8 Å². The average Bonchev–Trinajstić information content (AvgIpc) is 2.28. The van der Waals surface area contributed by atoms with Gasteiger partial charge in [-0.05, 0) is 27.3 Å². The lowest BCUT2D eigenvalue weighted by molar-refractivity contribution is -0.124. The normalized spacial score (nSPS) is 12.3. The van der Waals surface area contributed by atoms with E-state index >= 15 is 0 Å². The molecule has 2 N–H and O–H groups in total. The van der Waals surface area contributed by atoms with Gasteiger partial charge in [0.25, 0.3) is 0 Å². The molecule has 0 aliphatic rings. The Kier molecular flexibility index (Phi) is 8.35. The Hall–Kier alpha value is -1.14. The van der Waals surface area contributed by atoms with Crippen LogP contribution in [0.2, 0.25) is 0 Å². The topological polar surface area (TPSA) is 70.7 Å². The molecule has 0 aliphatic carbocycles. The lowest BCUT2D eigenvalue weighted by Crippen LogP contribution is -2.48. The molecule has 0 saturated carbocycles. The van der Waals surface area contributed by atoms with Crippen LogP contribution in [0, 0.1) is 0 Å². The van der Waals surface area contributed by atoms with Crippen LogP contribution in [0.1, 0.15) is 20.3 Å². The highest BCUT2D eigenvalue weighted by Crippen LogP contribution is 1.97. The average molecular weight is 245 g/mol. The van der Waals surface area contributed by atoms with E-state index in [0.29, 0.717) is 13.2 Å². The van der Waals surface area contributed by atoms with Crippen LogP contribution >= 0.6 is 0 Å². The zero-order chi connectivity index (χ0) is 13.3.